The standard InChI is InChI=1S/C22H24N4O2/c27-21(13-12-20-23-17-9-3-2-8-16(17)22(28)25-20)24-18-10-4-5-11-19(18)26-14-6-1-7-15-26/h2-5,8-11H,1,6-7,12-15H2,(H,24,27)(H,23,25,28). The highest BCUT2D eigenvalue weighted by molar-refractivity contribution is 5.94. The van der Waals surface area contributed by atoms with E-state index < -0.39 is 0 Å². The maximum Gasteiger partial charge on any atom is 0.258 e. The molecule has 6 nitrogen and oxygen atoms in total. The number of aromatic nitrogens is 2. The summed E-state index contributed by atoms with van der Waals surface area (Å²) in [5, 5.41) is 3.59. The summed E-state index contributed by atoms with van der Waals surface area (Å²) in [5.74, 6) is 0.448. The highest BCUT2D eigenvalue weighted by Gasteiger charge is 2.15. The van der Waals surface area contributed by atoms with Gasteiger partial charge in [-0.05, 0) is 43.5 Å². The third-order valence-electron chi connectivity index (χ3n) is 5.13. The summed E-state index contributed by atoms with van der Waals surface area (Å²) in [6.45, 7) is 2.05. The number of carbonyl (C=O) groups excluding carboxylic acids is 1. The van der Waals surface area contributed by atoms with E-state index in [0.29, 0.717) is 23.1 Å². The number of benzene rings is 2. The van der Waals surface area contributed by atoms with E-state index in [4.69, 9.17) is 0 Å². The lowest BCUT2D eigenvalue weighted by Gasteiger charge is -2.30. The van der Waals surface area contributed by atoms with Crippen molar-refractivity contribution in [2.45, 2.75) is 32.1 Å². The third-order valence-corrected chi connectivity index (χ3v) is 5.13. The quantitative estimate of drug-likeness (QED) is 0.715. The van der Waals surface area contributed by atoms with Gasteiger partial charge >= 0.3 is 0 Å². The van der Waals surface area contributed by atoms with Crippen molar-refractivity contribution in [1.29, 1.82) is 0 Å². The van der Waals surface area contributed by atoms with Crippen LogP contribution in [0, 0.1) is 0 Å². The maximum atomic E-state index is 12.5. The number of hydrogen-bond acceptors (Lipinski definition) is 4. The number of carbonyl (C=O) groups is 1. The first-order valence-electron chi connectivity index (χ1n) is 9.82. The summed E-state index contributed by atoms with van der Waals surface area (Å²) in [6.07, 6.45) is 4.28. The largest absolute Gasteiger partial charge is 0.370 e. The van der Waals surface area contributed by atoms with Crippen LogP contribution in [0.4, 0.5) is 11.4 Å². The lowest BCUT2D eigenvalue weighted by Crippen LogP contribution is -2.30. The van der Waals surface area contributed by atoms with Gasteiger partial charge in [0.25, 0.3) is 5.56 Å². The number of para-hydroxylation sites is 3. The fourth-order valence-electron chi connectivity index (χ4n) is 3.69. The van der Waals surface area contributed by atoms with Gasteiger partial charge in [0.05, 0.1) is 22.3 Å². The van der Waals surface area contributed by atoms with Gasteiger partial charge in [-0.15, -0.1) is 0 Å². The van der Waals surface area contributed by atoms with Crippen LogP contribution in [0.25, 0.3) is 10.9 Å². The van der Waals surface area contributed by atoms with Crippen molar-refractivity contribution >= 4 is 28.2 Å². The first-order valence-corrected chi connectivity index (χ1v) is 9.82. The van der Waals surface area contributed by atoms with Crippen LogP contribution < -0.4 is 15.8 Å². The van der Waals surface area contributed by atoms with Crippen LogP contribution >= 0.6 is 0 Å². The molecule has 2 aromatic carbocycles. The van der Waals surface area contributed by atoms with Gasteiger partial charge in [0.1, 0.15) is 5.82 Å². The van der Waals surface area contributed by atoms with Gasteiger partial charge in [0.2, 0.25) is 5.91 Å². The van der Waals surface area contributed by atoms with E-state index in [2.05, 4.69) is 26.3 Å². The molecule has 1 amide bonds. The molecule has 2 N–H and O–H groups in total. The van der Waals surface area contributed by atoms with Crippen molar-refractivity contribution in [2.24, 2.45) is 0 Å². The van der Waals surface area contributed by atoms with Gasteiger partial charge < -0.3 is 15.2 Å². The zero-order chi connectivity index (χ0) is 19.3. The summed E-state index contributed by atoms with van der Waals surface area (Å²) in [6, 6.07) is 15.2. The number of aryl methyl sites for hydroxylation is 1. The number of anilines is 2. The van der Waals surface area contributed by atoms with E-state index >= 15 is 0 Å². The van der Waals surface area contributed by atoms with Crippen LogP contribution in [0.5, 0.6) is 0 Å². The van der Waals surface area contributed by atoms with Crippen LogP contribution in [-0.2, 0) is 11.2 Å². The third kappa shape index (κ3) is 4.06. The van der Waals surface area contributed by atoms with Crippen LogP contribution in [0.3, 0.4) is 0 Å². The van der Waals surface area contributed by atoms with E-state index in [1.54, 1.807) is 6.07 Å². The van der Waals surface area contributed by atoms with Crippen molar-refractivity contribution in [3.63, 3.8) is 0 Å². The molecule has 1 aliphatic rings. The van der Waals surface area contributed by atoms with Crippen LogP contribution in [0.2, 0.25) is 0 Å². The number of amides is 1. The number of nitrogens with zero attached hydrogens (tertiary/aromatic N) is 2. The van der Waals surface area contributed by atoms with Crippen molar-refractivity contribution in [2.75, 3.05) is 23.3 Å². The molecule has 0 aliphatic carbocycles. The number of nitrogens with one attached hydrogen (secondary N) is 2. The minimum atomic E-state index is -0.170. The van der Waals surface area contributed by atoms with Crippen molar-refractivity contribution in [3.8, 4) is 0 Å². The van der Waals surface area contributed by atoms with Crippen LogP contribution in [-0.4, -0.2) is 29.0 Å². The van der Waals surface area contributed by atoms with E-state index in [9.17, 15) is 9.59 Å². The van der Waals surface area contributed by atoms with Crippen molar-refractivity contribution in [3.05, 3.63) is 64.7 Å². The first kappa shape index (κ1) is 18.2. The molecule has 1 saturated heterocycles. The molecule has 3 aromatic rings. The number of H-pyrrole nitrogens is 1. The van der Waals surface area contributed by atoms with Crippen molar-refractivity contribution < 1.29 is 4.79 Å². The first-order chi connectivity index (χ1) is 13.7. The van der Waals surface area contributed by atoms with Gasteiger partial charge in [-0.25, -0.2) is 4.98 Å². The van der Waals surface area contributed by atoms with E-state index in [1.165, 1.54) is 19.3 Å². The van der Waals surface area contributed by atoms with E-state index in [1.807, 2.05) is 36.4 Å². The number of hydrogen-bond donors (Lipinski definition) is 2. The number of aromatic amines is 1. The minimum absolute atomic E-state index is 0.0831. The molecule has 144 valence electrons. The molecule has 0 atom stereocenters. The molecular formula is C22H24N4O2. The van der Waals surface area contributed by atoms with Crippen LogP contribution in [0.15, 0.2) is 53.3 Å². The monoisotopic (exact) mass is 376 g/mol. The predicted octanol–water partition coefficient (Wildman–Crippen LogP) is 3.48. The summed E-state index contributed by atoms with van der Waals surface area (Å²) in [4.78, 5) is 34.2. The molecule has 28 heavy (non-hydrogen) atoms. The van der Waals surface area contributed by atoms with E-state index in [0.717, 1.165) is 24.5 Å². The molecular weight excluding hydrogens is 352 g/mol. The second kappa shape index (κ2) is 8.25. The molecule has 0 saturated carbocycles. The minimum Gasteiger partial charge on any atom is -0.370 e. The number of fused-ring (bicyclic) bond motifs is 1. The Morgan fingerprint density at radius 1 is 1.04 bits per heavy atom. The van der Waals surface area contributed by atoms with Gasteiger partial charge in [0, 0.05) is 25.9 Å². The molecule has 1 aliphatic heterocycles. The Hall–Kier alpha value is -3.15. The summed E-state index contributed by atoms with van der Waals surface area (Å²) in [5.41, 5.74) is 2.40. The maximum absolute atomic E-state index is 12.5. The zero-order valence-electron chi connectivity index (χ0n) is 15.8. The average molecular weight is 376 g/mol. The zero-order valence-corrected chi connectivity index (χ0v) is 15.8. The fraction of sp³-hybridized carbons (Fsp3) is 0.318. The Morgan fingerprint density at radius 3 is 2.64 bits per heavy atom. The SMILES string of the molecule is O=C(CCc1nc2ccccc2c(=O)[nH]1)Nc1ccccc1N1CCCCC1. The highest BCUT2D eigenvalue weighted by atomic mass is 16.1. The number of rotatable bonds is 5. The van der Waals surface area contributed by atoms with Gasteiger partial charge in [0.15, 0.2) is 0 Å². The molecule has 2 heterocycles. The summed E-state index contributed by atoms with van der Waals surface area (Å²) < 4.78 is 0. The topological polar surface area (TPSA) is 78.1 Å². The molecule has 0 unspecified atom stereocenters. The average Bonchev–Trinajstić information content (AvgIpc) is 2.73. The number of piperidine rings is 1. The lowest BCUT2D eigenvalue weighted by atomic mass is 10.1. The Labute approximate surface area is 163 Å². The summed E-state index contributed by atoms with van der Waals surface area (Å²) >= 11 is 0. The Morgan fingerprint density at radius 2 is 1.79 bits per heavy atom. The molecule has 1 fully saturated rings. The molecule has 4 rings (SSSR count). The molecule has 0 radical (unpaired) electrons. The second-order valence-electron chi connectivity index (χ2n) is 7.14. The molecule has 1 aromatic heterocycles. The predicted molar refractivity (Wildman–Crippen MR) is 112 cm³/mol. The molecule has 0 bridgehead atoms. The van der Waals surface area contributed by atoms with Gasteiger partial charge in [-0.3, -0.25) is 9.59 Å². The lowest BCUT2D eigenvalue weighted by molar-refractivity contribution is -0.116. The van der Waals surface area contributed by atoms with Gasteiger partial charge in [-0.2, -0.15) is 0 Å². The Bertz CT molecular complexity index is 1040. The van der Waals surface area contributed by atoms with Gasteiger partial charge in [-0.1, -0.05) is 24.3 Å². The Kier molecular flexibility index (Phi) is 5.37. The fourth-order valence-corrected chi connectivity index (χ4v) is 3.69. The Balaban J connectivity index is 1.43. The molecule has 0 spiro atoms. The highest BCUT2D eigenvalue weighted by Crippen LogP contribution is 2.28. The van der Waals surface area contributed by atoms with Crippen LogP contribution in [0.1, 0.15) is 31.5 Å². The van der Waals surface area contributed by atoms with Crippen molar-refractivity contribution in [1.82, 2.24) is 9.97 Å². The van der Waals surface area contributed by atoms with E-state index in [-0.39, 0.29) is 17.9 Å². The summed E-state index contributed by atoms with van der Waals surface area (Å²) in [7, 11) is 0. The normalized spacial score (nSPS) is 14.2. The second-order valence-corrected chi connectivity index (χ2v) is 7.14. The smallest absolute Gasteiger partial charge is 0.258 e. The molecule has 6 heteroatoms.